The number of hydrogen-bond acceptors (Lipinski definition) is 6. The van der Waals surface area contributed by atoms with Crippen LogP contribution >= 0.6 is 0 Å². The summed E-state index contributed by atoms with van der Waals surface area (Å²) in [4.78, 5) is 0. The molecule has 1 saturated heterocycles. The zero-order valence-electron chi connectivity index (χ0n) is 11.6. The molecular formula is C13H26O6. The maximum absolute atomic E-state index is 9.86. The molecule has 3 unspecified atom stereocenters. The Hall–Kier alpha value is -0.240. The molecular weight excluding hydrogens is 252 g/mol. The van der Waals surface area contributed by atoms with Crippen molar-refractivity contribution < 1.29 is 29.9 Å². The van der Waals surface area contributed by atoms with Crippen LogP contribution in [-0.2, 0) is 9.47 Å². The predicted molar refractivity (Wildman–Crippen MR) is 68.5 cm³/mol. The molecule has 0 aliphatic carbocycles. The van der Waals surface area contributed by atoms with Crippen LogP contribution in [0.2, 0.25) is 0 Å². The zero-order valence-corrected chi connectivity index (χ0v) is 11.6. The highest BCUT2D eigenvalue weighted by atomic mass is 16.7. The topological polar surface area (TPSA) is 99.4 Å². The molecule has 6 nitrogen and oxygen atoms in total. The molecule has 5 atom stereocenters. The van der Waals surface area contributed by atoms with Crippen molar-refractivity contribution in [2.24, 2.45) is 0 Å². The Morgan fingerprint density at radius 3 is 2.05 bits per heavy atom. The van der Waals surface area contributed by atoms with Gasteiger partial charge < -0.3 is 29.9 Å². The van der Waals surface area contributed by atoms with Crippen molar-refractivity contribution in [2.45, 2.75) is 76.3 Å². The van der Waals surface area contributed by atoms with Gasteiger partial charge in [-0.05, 0) is 12.8 Å². The smallest absolute Gasteiger partial charge is 0.186 e. The lowest BCUT2D eigenvalue weighted by molar-refractivity contribution is -0.312. The molecule has 1 rings (SSSR count). The van der Waals surface area contributed by atoms with Gasteiger partial charge in [-0.1, -0.05) is 26.7 Å². The van der Waals surface area contributed by atoms with Gasteiger partial charge in [-0.25, -0.2) is 0 Å². The van der Waals surface area contributed by atoms with E-state index in [1.807, 2.05) is 13.8 Å². The summed E-state index contributed by atoms with van der Waals surface area (Å²) in [5, 5.41) is 38.3. The summed E-state index contributed by atoms with van der Waals surface area (Å²) in [5.74, 6) is 0. The lowest BCUT2D eigenvalue weighted by atomic mass is 9.99. The fraction of sp³-hybridized carbons (Fsp3) is 1.00. The van der Waals surface area contributed by atoms with Crippen LogP contribution < -0.4 is 0 Å². The summed E-state index contributed by atoms with van der Waals surface area (Å²) < 4.78 is 11.0. The molecule has 1 fully saturated rings. The average Bonchev–Trinajstić information content (AvgIpc) is 2.40. The molecule has 0 amide bonds. The van der Waals surface area contributed by atoms with E-state index in [-0.39, 0.29) is 6.10 Å². The summed E-state index contributed by atoms with van der Waals surface area (Å²) in [6, 6.07) is 0. The first-order valence-corrected chi connectivity index (χ1v) is 7.01. The molecule has 114 valence electrons. The van der Waals surface area contributed by atoms with E-state index in [2.05, 4.69) is 0 Å². The highest BCUT2D eigenvalue weighted by Crippen LogP contribution is 2.24. The number of hydrogen-bond donors (Lipinski definition) is 4. The van der Waals surface area contributed by atoms with Crippen molar-refractivity contribution in [1.82, 2.24) is 0 Å². The third-order valence-electron chi connectivity index (χ3n) is 3.40. The fourth-order valence-electron chi connectivity index (χ4n) is 2.29. The second kappa shape index (κ2) is 8.14. The highest BCUT2D eigenvalue weighted by molar-refractivity contribution is 4.89. The first-order chi connectivity index (χ1) is 9.04. The molecule has 1 aliphatic rings. The first-order valence-electron chi connectivity index (χ1n) is 7.01. The van der Waals surface area contributed by atoms with E-state index in [0.29, 0.717) is 0 Å². The molecule has 19 heavy (non-hydrogen) atoms. The number of aliphatic hydroxyl groups is 4. The highest BCUT2D eigenvalue weighted by Gasteiger charge is 2.44. The molecule has 0 radical (unpaired) electrons. The van der Waals surface area contributed by atoms with Gasteiger partial charge in [-0.3, -0.25) is 0 Å². The number of ether oxygens (including phenoxy) is 2. The first kappa shape index (κ1) is 16.8. The Labute approximate surface area is 114 Å². The summed E-state index contributed by atoms with van der Waals surface area (Å²) in [6.45, 7) is 3.65. The molecule has 0 aromatic heterocycles. The monoisotopic (exact) mass is 278 g/mol. The third kappa shape index (κ3) is 4.37. The minimum Gasteiger partial charge on any atom is -0.394 e. The van der Waals surface area contributed by atoms with E-state index >= 15 is 0 Å². The van der Waals surface area contributed by atoms with Crippen molar-refractivity contribution in [3.8, 4) is 0 Å². The quantitative estimate of drug-likeness (QED) is 0.513. The second-order valence-electron chi connectivity index (χ2n) is 5.03. The maximum Gasteiger partial charge on any atom is 0.186 e. The fourth-order valence-corrected chi connectivity index (χ4v) is 2.29. The van der Waals surface area contributed by atoms with Gasteiger partial charge in [0.15, 0.2) is 6.29 Å². The zero-order chi connectivity index (χ0) is 14.4. The molecule has 0 saturated carbocycles. The molecule has 1 heterocycles. The minimum absolute atomic E-state index is 0.0589. The molecule has 0 bridgehead atoms. The second-order valence-corrected chi connectivity index (χ2v) is 5.03. The lowest BCUT2D eigenvalue weighted by Gasteiger charge is -2.40. The van der Waals surface area contributed by atoms with Crippen LogP contribution in [-0.4, -0.2) is 63.8 Å². The van der Waals surface area contributed by atoms with Crippen molar-refractivity contribution >= 4 is 0 Å². The van der Waals surface area contributed by atoms with Gasteiger partial charge in [0.05, 0.1) is 12.7 Å². The largest absolute Gasteiger partial charge is 0.394 e. The average molecular weight is 278 g/mol. The van der Waals surface area contributed by atoms with Gasteiger partial charge in [0.25, 0.3) is 0 Å². The van der Waals surface area contributed by atoms with E-state index in [1.54, 1.807) is 0 Å². The van der Waals surface area contributed by atoms with Crippen LogP contribution in [0.15, 0.2) is 0 Å². The van der Waals surface area contributed by atoms with Crippen molar-refractivity contribution in [2.75, 3.05) is 6.61 Å². The molecule has 0 aromatic carbocycles. The van der Waals surface area contributed by atoms with Crippen LogP contribution in [0.3, 0.4) is 0 Å². The number of aliphatic hydroxyl groups excluding tert-OH is 4. The Morgan fingerprint density at radius 2 is 1.58 bits per heavy atom. The Kier molecular flexibility index (Phi) is 7.20. The van der Waals surface area contributed by atoms with Crippen LogP contribution in [0.4, 0.5) is 0 Å². The van der Waals surface area contributed by atoms with Gasteiger partial charge in [-0.2, -0.15) is 0 Å². The molecule has 4 N–H and O–H groups in total. The van der Waals surface area contributed by atoms with E-state index in [1.165, 1.54) is 0 Å². The Morgan fingerprint density at radius 1 is 1.00 bits per heavy atom. The van der Waals surface area contributed by atoms with Crippen LogP contribution in [0.25, 0.3) is 0 Å². The normalized spacial score (nSPS) is 35.8. The van der Waals surface area contributed by atoms with Gasteiger partial charge >= 0.3 is 0 Å². The van der Waals surface area contributed by atoms with Crippen LogP contribution in [0.1, 0.15) is 39.5 Å². The summed E-state index contributed by atoms with van der Waals surface area (Å²) in [7, 11) is 0. The molecule has 0 aromatic rings. The SMILES string of the molecule is CCCC(CCC)O[C@H]1OC(CO)[C@@H](O)C(O)C1O. The van der Waals surface area contributed by atoms with Gasteiger partial charge in [0, 0.05) is 0 Å². The van der Waals surface area contributed by atoms with Crippen molar-refractivity contribution in [1.29, 1.82) is 0 Å². The number of rotatable bonds is 7. The Bertz CT molecular complexity index is 241. The van der Waals surface area contributed by atoms with E-state index in [4.69, 9.17) is 14.6 Å². The predicted octanol–water partition coefficient (Wildman–Crippen LogP) is -0.228. The summed E-state index contributed by atoms with van der Waals surface area (Å²) in [5.41, 5.74) is 0. The lowest BCUT2D eigenvalue weighted by Crippen LogP contribution is -2.59. The van der Waals surface area contributed by atoms with Crippen molar-refractivity contribution in [3.05, 3.63) is 0 Å². The van der Waals surface area contributed by atoms with E-state index in [9.17, 15) is 15.3 Å². The van der Waals surface area contributed by atoms with Crippen LogP contribution in [0.5, 0.6) is 0 Å². The standard InChI is InChI=1S/C13H26O6/c1-3-5-8(6-4-2)18-13-12(17)11(16)10(15)9(7-14)19-13/h8-17H,3-7H2,1-2H3/t9?,10-,11?,12?,13+/m1/s1. The van der Waals surface area contributed by atoms with E-state index in [0.717, 1.165) is 25.7 Å². The van der Waals surface area contributed by atoms with Crippen LogP contribution in [0, 0.1) is 0 Å². The maximum atomic E-state index is 9.86. The molecule has 1 aliphatic heterocycles. The van der Waals surface area contributed by atoms with Crippen molar-refractivity contribution in [3.63, 3.8) is 0 Å². The van der Waals surface area contributed by atoms with Gasteiger partial charge in [0.2, 0.25) is 0 Å². The van der Waals surface area contributed by atoms with Gasteiger partial charge in [-0.15, -0.1) is 0 Å². The minimum atomic E-state index is -1.38. The molecule has 0 spiro atoms. The third-order valence-corrected chi connectivity index (χ3v) is 3.40. The summed E-state index contributed by atoms with van der Waals surface area (Å²) >= 11 is 0. The Balaban J connectivity index is 2.64. The summed E-state index contributed by atoms with van der Waals surface area (Å²) in [6.07, 6.45) is -2.44. The van der Waals surface area contributed by atoms with Gasteiger partial charge in [0.1, 0.15) is 24.4 Å². The van der Waals surface area contributed by atoms with E-state index < -0.39 is 37.3 Å². The molecule has 6 heteroatoms.